The molecule has 2 aromatic carbocycles. The third-order valence-corrected chi connectivity index (χ3v) is 4.82. The molecule has 0 aliphatic carbocycles. The summed E-state index contributed by atoms with van der Waals surface area (Å²) in [5.41, 5.74) is 0.902. The second-order valence-corrected chi connectivity index (χ2v) is 7.60. The lowest BCUT2D eigenvalue weighted by molar-refractivity contribution is 0.602. The van der Waals surface area contributed by atoms with Gasteiger partial charge in [0.25, 0.3) is 0 Å². The minimum absolute atomic E-state index is 0.0185. The maximum Gasteiger partial charge on any atom is 0.224 e. The highest BCUT2D eigenvalue weighted by molar-refractivity contribution is 7.90. The molecule has 0 atom stereocenters. The van der Waals surface area contributed by atoms with Gasteiger partial charge in [-0.05, 0) is 35.9 Å². The second-order valence-electron chi connectivity index (χ2n) is 4.87. The zero-order valence-corrected chi connectivity index (χ0v) is 14.2. The molecule has 8 heteroatoms. The Bertz CT molecular complexity index is 1010. The number of hydrogen-bond donors (Lipinski definition) is 1. The van der Waals surface area contributed by atoms with Gasteiger partial charge in [0, 0.05) is 11.6 Å². The molecular weight excluding hydrogens is 357 g/mol. The molecule has 118 valence electrons. The van der Waals surface area contributed by atoms with Crippen molar-refractivity contribution in [3.63, 3.8) is 0 Å². The number of aromatic nitrogens is 2. The summed E-state index contributed by atoms with van der Waals surface area (Å²) in [5.74, 6) is 0.388. The third-order valence-electron chi connectivity index (χ3n) is 3.19. The zero-order valence-electron chi connectivity index (χ0n) is 11.9. The van der Waals surface area contributed by atoms with E-state index in [-0.39, 0.29) is 10.2 Å². The van der Waals surface area contributed by atoms with E-state index < -0.39 is 9.84 Å². The van der Waals surface area contributed by atoms with Crippen molar-refractivity contribution in [1.29, 1.82) is 0 Å². The van der Waals surface area contributed by atoms with Crippen molar-refractivity contribution in [3.8, 4) is 0 Å². The number of sulfone groups is 1. The standard InChI is InChI=1S/C15H11Cl2N3O2S/c1-23(21,22)12-8-3-2-7-11(12)18-14-9-5-4-6-10(16)13(9)19-15(17)20-14/h2-8H,1H3,(H,18,19,20). The van der Waals surface area contributed by atoms with Crippen LogP contribution in [0, 0.1) is 0 Å². The largest absolute Gasteiger partial charge is 0.339 e. The number of para-hydroxylation sites is 2. The van der Waals surface area contributed by atoms with Gasteiger partial charge in [0.2, 0.25) is 5.28 Å². The number of anilines is 2. The van der Waals surface area contributed by atoms with Gasteiger partial charge in [0.1, 0.15) is 5.82 Å². The highest BCUT2D eigenvalue weighted by Gasteiger charge is 2.15. The molecule has 0 amide bonds. The van der Waals surface area contributed by atoms with Gasteiger partial charge >= 0.3 is 0 Å². The van der Waals surface area contributed by atoms with Crippen molar-refractivity contribution in [1.82, 2.24) is 9.97 Å². The number of nitrogens with zero attached hydrogens (tertiary/aromatic N) is 2. The van der Waals surface area contributed by atoms with Crippen LogP contribution in [-0.2, 0) is 9.84 Å². The van der Waals surface area contributed by atoms with Crippen LogP contribution in [0.5, 0.6) is 0 Å². The molecule has 3 rings (SSSR count). The highest BCUT2D eigenvalue weighted by Crippen LogP contribution is 2.31. The quantitative estimate of drug-likeness (QED) is 0.706. The second kappa shape index (κ2) is 5.96. The molecule has 0 bridgehead atoms. The van der Waals surface area contributed by atoms with E-state index in [9.17, 15) is 8.42 Å². The summed E-state index contributed by atoms with van der Waals surface area (Å²) in [7, 11) is -3.39. The predicted molar refractivity (Wildman–Crippen MR) is 92.4 cm³/mol. The van der Waals surface area contributed by atoms with Crippen LogP contribution >= 0.6 is 23.2 Å². The molecule has 0 aliphatic heterocycles. The number of halogens is 2. The van der Waals surface area contributed by atoms with E-state index in [1.807, 2.05) is 0 Å². The topological polar surface area (TPSA) is 72.0 Å². The Balaban J connectivity index is 2.19. The Labute approximate surface area is 143 Å². The normalized spacial score (nSPS) is 11.6. The summed E-state index contributed by atoms with van der Waals surface area (Å²) in [6.45, 7) is 0. The molecule has 3 aromatic rings. The lowest BCUT2D eigenvalue weighted by Gasteiger charge is -2.12. The summed E-state index contributed by atoms with van der Waals surface area (Å²) < 4.78 is 23.8. The molecular formula is C15H11Cl2N3O2S. The van der Waals surface area contributed by atoms with Gasteiger partial charge in [0.05, 0.1) is 21.1 Å². The van der Waals surface area contributed by atoms with Crippen molar-refractivity contribution < 1.29 is 8.42 Å². The average Bonchev–Trinajstić information content (AvgIpc) is 2.48. The van der Waals surface area contributed by atoms with Gasteiger partial charge in [0.15, 0.2) is 9.84 Å². The van der Waals surface area contributed by atoms with Crippen molar-refractivity contribution in [2.24, 2.45) is 0 Å². The Kier molecular flexibility index (Phi) is 4.14. The van der Waals surface area contributed by atoms with E-state index in [1.165, 1.54) is 6.07 Å². The lowest BCUT2D eigenvalue weighted by atomic mass is 10.2. The van der Waals surface area contributed by atoms with Gasteiger partial charge in [-0.3, -0.25) is 0 Å². The van der Waals surface area contributed by atoms with Crippen LogP contribution in [0.1, 0.15) is 0 Å². The first-order valence-corrected chi connectivity index (χ1v) is 9.19. The van der Waals surface area contributed by atoms with Crippen molar-refractivity contribution in [2.75, 3.05) is 11.6 Å². The summed E-state index contributed by atoms with van der Waals surface area (Å²) >= 11 is 12.1. The molecule has 0 aliphatic rings. The zero-order chi connectivity index (χ0) is 16.6. The predicted octanol–water partition coefficient (Wildman–Crippen LogP) is 4.08. The fourth-order valence-corrected chi connectivity index (χ4v) is 3.44. The Hall–Kier alpha value is -1.89. The minimum atomic E-state index is -3.39. The molecule has 23 heavy (non-hydrogen) atoms. The van der Waals surface area contributed by atoms with Crippen molar-refractivity contribution in [2.45, 2.75) is 4.90 Å². The fraction of sp³-hybridized carbons (Fsp3) is 0.0667. The maximum atomic E-state index is 11.9. The Morgan fingerprint density at radius 3 is 2.48 bits per heavy atom. The summed E-state index contributed by atoms with van der Waals surface area (Å²) in [4.78, 5) is 8.43. The van der Waals surface area contributed by atoms with Gasteiger partial charge in [-0.1, -0.05) is 29.8 Å². The number of hydrogen-bond acceptors (Lipinski definition) is 5. The van der Waals surface area contributed by atoms with Gasteiger partial charge < -0.3 is 5.32 Å². The summed E-state index contributed by atoms with van der Waals surface area (Å²) in [6.07, 6.45) is 1.15. The molecule has 0 spiro atoms. The first-order chi connectivity index (χ1) is 10.9. The Morgan fingerprint density at radius 1 is 1.00 bits per heavy atom. The molecule has 5 nitrogen and oxygen atoms in total. The molecule has 0 saturated carbocycles. The summed E-state index contributed by atoms with van der Waals surface area (Å²) in [6, 6.07) is 11.8. The van der Waals surface area contributed by atoms with Crippen LogP contribution in [0.2, 0.25) is 10.3 Å². The first kappa shape index (κ1) is 16.0. The minimum Gasteiger partial charge on any atom is -0.339 e. The molecule has 1 aromatic heterocycles. The lowest BCUT2D eigenvalue weighted by Crippen LogP contribution is -2.04. The van der Waals surface area contributed by atoms with Crippen LogP contribution < -0.4 is 5.32 Å². The van der Waals surface area contributed by atoms with Gasteiger partial charge in [-0.2, -0.15) is 4.98 Å². The third kappa shape index (κ3) is 3.24. The molecule has 0 unspecified atom stereocenters. The van der Waals surface area contributed by atoms with Crippen LogP contribution in [-0.4, -0.2) is 24.6 Å². The van der Waals surface area contributed by atoms with Gasteiger partial charge in [-0.25, -0.2) is 13.4 Å². The van der Waals surface area contributed by atoms with Crippen LogP contribution in [0.3, 0.4) is 0 Å². The average molecular weight is 368 g/mol. The monoisotopic (exact) mass is 367 g/mol. The molecule has 0 fully saturated rings. The first-order valence-electron chi connectivity index (χ1n) is 6.54. The Morgan fingerprint density at radius 2 is 1.74 bits per heavy atom. The van der Waals surface area contributed by atoms with Crippen molar-refractivity contribution in [3.05, 3.63) is 52.8 Å². The van der Waals surface area contributed by atoms with E-state index in [0.29, 0.717) is 27.4 Å². The highest BCUT2D eigenvalue weighted by atomic mass is 35.5. The SMILES string of the molecule is CS(=O)(=O)c1ccccc1Nc1nc(Cl)nc2c(Cl)cccc12. The summed E-state index contributed by atoms with van der Waals surface area (Å²) in [5, 5.41) is 4.12. The fourth-order valence-electron chi connectivity index (χ4n) is 2.21. The molecule has 1 heterocycles. The maximum absolute atomic E-state index is 11.9. The number of rotatable bonds is 3. The van der Waals surface area contributed by atoms with E-state index in [2.05, 4.69) is 15.3 Å². The van der Waals surface area contributed by atoms with Gasteiger partial charge in [-0.15, -0.1) is 0 Å². The van der Waals surface area contributed by atoms with E-state index >= 15 is 0 Å². The molecule has 0 radical (unpaired) electrons. The van der Waals surface area contributed by atoms with Crippen LogP contribution in [0.4, 0.5) is 11.5 Å². The van der Waals surface area contributed by atoms with Crippen LogP contribution in [0.25, 0.3) is 10.9 Å². The van der Waals surface area contributed by atoms with Crippen LogP contribution in [0.15, 0.2) is 47.4 Å². The molecule has 0 saturated heterocycles. The molecule has 1 N–H and O–H groups in total. The van der Waals surface area contributed by atoms with E-state index in [4.69, 9.17) is 23.2 Å². The number of nitrogens with one attached hydrogen (secondary N) is 1. The van der Waals surface area contributed by atoms with E-state index in [1.54, 1.807) is 36.4 Å². The smallest absolute Gasteiger partial charge is 0.224 e. The van der Waals surface area contributed by atoms with E-state index in [0.717, 1.165) is 6.26 Å². The number of fused-ring (bicyclic) bond motifs is 1. The van der Waals surface area contributed by atoms with Crippen molar-refractivity contribution >= 4 is 55.4 Å². The number of benzene rings is 2.